The molecule has 2 aromatic rings. The maximum Gasteiger partial charge on any atom is 0.0543 e. The molecule has 0 radical (unpaired) electrons. The summed E-state index contributed by atoms with van der Waals surface area (Å²) in [5, 5.41) is 1.54. The zero-order valence-corrected chi connectivity index (χ0v) is 12.8. The Kier molecular flexibility index (Phi) is 5.17. The Morgan fingerprint density at radius 2 is 1.74 bits per heavy atom. The topological polar surface area (TPSA) is 26.0 Å². The van der Waals surface area contributed by atoms with Crippen molar-refractivity contribution in [3.8, 4) is 0 Å². The smallest absolute Gasteiger partial charge is 0.0543 e. The summed E-state index contributed by atoms with van der Waals surface area (Å²) in [5.41, 5.74) is 7.30. The molecular formula is C15H15Cl2NS. The number of rotatable bonds is 4. The second-order valence-electron chi connectivity index (χ2n) is 4.38. The second kappa shape index (κ2) is 6.67. The molecule has 0 saturated heterocycles. The molecule has 0 aliphatic rings. The van der Waals surface area contributed by atoms with Crippen molar-refractivity contribution in [2.24, 2.45) is 5.73 Å². The lowest BCUT2D eigenvalue weighted by atomic mass is 10.1. The zero-order chi connectivity index (χ0) is 13.8. The first-order valence-electron chi connectivity index (χ1n) is 6.00. The van der Waals surface area contributed by atoms with Crippen molar-refractivity contribution in [3.05, 3.63) is 64.1 Å². The van der Waals surface area contributed by atoms with Gasteiger partial charge in [-0.1, -0.05) is 53.5 Å². The molecule has 4 heteroatoms. The van der Waals surface area contributed by atoms with Crippen LogP contribution in [0.25, 0.3) is 0 Å². The maximum absolute atomic E-state index is 6.21. The standard InChI is InChI=1S/C15H15Cl2NS/c1-10(18)15(11-5-3-2-4-6-11)19-14-9-12(16)7-8-13(14)17/h2-10,15H,18H2,1H3. The number of hydrogen-bond donors (Lipinski definition) is 1. The minimum absolute atomic E-state index is 0.0162. The van der Waals surface area contributed by atoms with Crippen molar-refractivity contribution in [1.29, 1.82) is 0 Å². The Morgan fingerprint density at radius 3 is 2.37 bits per heavy atom. The lowest BCUT2D eigenvalue weighted by molar-refractivity contribution is 0.721. The second-order valence-corrected chi connectivity index (χ2v) is 6.41. The molecule has 19 heavy (non-hydrogen) atoms. The van der Waals surface area contributed by atoms with E-state index in [2.05, 4.69) is 12.1 Å². The van der Waals surface area contributed by atoms with Crippen LogP contribution < -0.4 is 5.73 Å². The third kappa shape index (κ3) is 3.90. The van der Waals surface area contributed by atoms with Gasteiger partial charge >= 0.3 is 0 Å². The van der Waals surface area contributed by atoms with Crippen LogP contribution in [0.5, 0.6) is 0 Å². The van der Waals surface area contributed by atoms with Crippen molar-refractivity contribution in [1.82, 2.24) is 0 Å². The van der Waals surface area contributed by atoms with Gasteiger partial charge in [-0.25, -0.2) is 0 Å². The highest BCUT2D eigenvalue weighted by atomic mass is 35.5. The predicted molar refractivity (Wildman–Crippen MR) is 85.2 cm³/mol. The van der Waals surface area contributed by atoms with Crippen LogP contribution in [0.4, 0.5) is 0 Å². The molecule has 0 heterocycles. The van der Waals surface area contributed by atoms with Crippen LogP contribution >= 0.6 is 35.0 Å². The minimum Gasteiger partial charge on any atom is -0.327 e. The monoisotopic (exact) mass is 311 g/mol. The predicted octanol–water partition coefficient (Wildman–Crippen LogP) is 5.17. The summed E-state index contributed by atoms with van der Waals surface area (Å²) in [5.74, 6) is 0. The molecule has 1 nitrogen and oxygen atoms in total. The lowest BCUT2D eigenvalue weighted by Crippen LogP contribution is -2.22. The first kappa shape index (κ1) is 14.7. The van der Waals surface area contributed by atoms with Crippen LogP contribution in [0, 0.1) is 0 Å². The minimum atomic E-state index is 0.0162. The van der Waals surface area contributed by atoms with Crippen LogP contribution in [0.3, 0.4) is 0 Å². The van der Waals surface area contributed by atoms with Crippen molar-refractivity contribution < 1.29 is 0 Å². The summed E-state index contributed by atoms with van der Waals surface area (Å²) >= 11 is 13.9. The zero-order valence-electron chi connectivity index (χ0n) is 10.5. The van der Waals surface area contributed by atoms with Crippen LogP contribution in [0.2, 0.25) is 10.0 Å². The molecular weight excluding hydrogens is 297 g/mol. The number of thioether (sulfide) groups is 1. The number of halogens is 2. The van der Waals surface area contributed by atoms with Crippen LogP contribution in [-0.4, -0.2) is 6.04 Å². The molecule has 0 saturated carbocycles. The lowest BCUT2D eigenvalue weighted by Gasteiger charge is -2.21. The Morgan fingerprint density at radius 1 is 1.05 bits per heavy atom. The van der Waals surface area contributed by atoms with Crippen molar-refractivity contribution in [2.45, 2.75) is 23.1 Å². The van der Waals surface area contributed by atoms with E-state index in [1.54, 1.807) is 17.8 Å². The fraction of sp³-hybridized carbons (Fsp3) is 0.200. The Bertz CT molecular complexity index is 543. The average Bonchev–Trinajstić information content (AvgIpc) is 2.40. The highest BCUT2D eigenvalue weighted by molar-refractivity contribution is 7.99. The van der Waals surface area contributed by atoms with E-state index in [-0.39, 0.29) is 11.3 Å². The summed E-state index contributed by atoms with van der Waals surface area (Å²) in [6.07, 6.45) is 0. The van der Waals surface area contributed by atoms with Crippen molar-refractivity contribution in [2.75, 3.05) is 0 Å². The van der Waals surface area contributed by atoms with Gasteiger partial charge in [0.25, 0.3) is 0 Å². The van der Waals surface area contributed by atoms with Gasteiger partial charge in [-0.2, -0.15) is 0 Å². The van der Waals surface area contributed by atoms with Gasteiger partial charge in [0, 0.05) is 21.2 Å². The Hall–Kier alpha value is -0.670. The molecule has 0 aliphatic carbocycles. The van der Waals surface area contributed by atoms with E-state index in [4.69, 9.17) is 28.9 Å². The fourth-order valence-electron chi connectivity index (χ4n) is 1.83. The highest BCUT2D eigenvalue weighted by Crippen LogP contribution is 2.41. The third-order valence-electron chi connectivity index (χ3n) is 2.75. The molecule has 100 valence electrons. The van der Waals surface area contributed by atoms with E-state index < -0.39 is 0 Å². The Labute approximate surface area is 128 Å². The summed E-state index contributed by atoms with van der Waals surface area (Å²) in [4.78, 5) is 0.959. The van der Waals surface area contributed by atoms with Gasteiger partial charge in [-0.15, -0.1) is 11.8 Å². The van der Waals surface area contributed by atoms with Gasteiger partial charge < -0.3 is 5.73 Å². The van der Waals surface area contributed by atoms with E-state index in [1.807, 2.05) is 37.3 Å². The van der Waals surface area contributed by atoms with Crippen LogP contribution in [0.15, 0.2) is 53.4 Å². The van der Waals surface area contributed by atoms with E-state index in [9.17, 15) is 0 Å². The molecule has 2 unspecified atom stereocenters. The first-order valence-corrected chi connectivity index (χ1v) is 7.63. The van der Waals surface area contributed by atoms with Gasteiger partial charge in [0.1, 0.15) is 0 Å². The van der Waals surface area contributed by atoms with Gasteiger partial charge in [-0.3, -0.25) is 0 Å². The average molecular weight is 312 g/mol. The molecule has 0 aromatic heterocycles. The molecule has 2 rings (SSSR count). The van der Waals surface area contributed by atoms with Gasteiger partial charge in [0.15, 0.2) is 0 Å². The van der Waals surface area contributed by atoms with Gasteiger partial charge in [-0.05, 0) is 30.7 Å². The van der Waals surface area contributed by atoms with Crippen molar-refractivity contribution in [3.63, 3.8) is 0 Å². The molecule has 0 fully saturated rings. The largest absolute Gasteiger partial charge is 0.327 e. The number of nitrogens with two attached hydrogens (primary N) is 1. The molecule has 0 bridgehead atoms. The molecule has 2 N–H and O–H groups in total. The normalized spacial score (nSPS) is 14.1. The van der Waals surface area contributed by atoms with Gasteiger partial charge in [0.05, 0.1) is 5.02 Å². The van der Waals surface area contributed by atoms with E-state index in [0.717, 1.165) is 4.90 Å². The molecule has 0 spiro atoms. The fourth-order valence-corrected chi connectivity index (χ4v) is 3.47. The summed E-state index contributed by atoms with van der Waals surface area (Å²) in [6, 6.07) is 15.7. The molecule has 0 amide bonds. The number of benzene rings is 2. The van der Waals surface area contributed by atoms with E-state index in [1.165, 1.54) is 5.56 Å². The molecule has 2 aromatic carbocycles. The third-order valence-corrected chi connectivity index (χ3v) is 4.98. The van der Waals surface area contributed by atoms with Crippen LogP contribution in [-0.2, 0) is 0 Å². The summed E-state index contributed by atoms with van der Waals surface area (Å²) in [6.45, 7) is 2.00. The molecule has 0 aliphatic heterocycles. The van der Waals surface area contributed by atoms with Gasteiger partial charge in [0.2, 0.25) is 0 Å². The van der Waals surface area contributed by atoms with Crippen molar-refractivity contribution >= 4 is 35.0 Å². The van der Waals surface area contributed by atoms with Crippen LogP contribution in [0.1, 0.15) is 17.7 Å². The highest BCUT2D eigenvalue weighted by Gasteiger charge is 2.18. The van der Waals surface area contributed by atoms with E-state index >= 15 is 0 Å². The Balaban J connectivity index is 2.29. The first-order chi connectivity index (χ1) is 9.08. The number of hydrogen-bond acceptors (Lipinski definition) is 2. The SMILES string of the molecule is CC(N)C(Sc1cc(Cl)ccc1Cl)c1ccccc1. The summed E-state index contributed by atoms with van der Waals surface area (Å²) in [7, 11) is 0. The van der Waals surface area contributed by atoms with E-state index in [0.29, 0.717) is 10.0 Å². The maximum atomic E-state index is 6.21. The quantitative estimate of drug-likeness (QED) is 0.788. The summed E-state index contributed by atoms with van der Waals surface area (Å²) < 4.78 is 0. The molecule has 2 atom stereocenters.